The lowest BCUT2D eigenvalue weighted by Gasteiger charge is -2.07. The summed E-state index contributed by atoms with van der Waals surface area (Å²) in [5.41, 5.74) is 1.40. The van der Waals surface area contributed by atoms with Gasteiger partial charge in [-0.15, -0.1) is 0 Å². The molecule has 0 saturated heterocycles. The van der Waals surface area contributed by atoms with Crippen molar-refractivity contribution in [3.05, 3.63) is 77.8 Å². The second-order valence-electron chi connectivity index (χ2n) is 4.88. The van der Waals surface area contributed by atoms with Gasteiger partial charge in [-0.2, -0.15) is 0 Å². The molecule has 23 heavy (non-hydrogen) atoms. The van der Waals surface area contributed by atoms with Gasteiger partial charge in [-0.1, -0.05) is 18.2 Å². The molecule has 1 N–H and O–H groups in total. The highest BCUT2D eigenvalue weighted by molar-refractivity contribution is 6.22. The van der Waals surface area contributed by atoms with E-state index in [2.05, 4.69) is 10.3 Å². The summed E-state index contributed by atoms with van der Waals surface area (Å²) in [5.74, 6) is -1.27. The van der Waals surface area contributed by atoms with E-state index >= 15 is 0 Å². The first-order chi connectivity index (χ1) is 11.2. The van der Waals surface area contributed by atoms with Gasteiger partial charge in [0, 0.05) is 18.5 Å². The van der Waals surface area contributed by atoms with Gasteiger partial charge < -0.3 is 5.32 Å². The maximum absolute atomic E-state index is 12.1. The SMILES string of the molecule is O=C(C=CN1C(=O)c2ccccc2C1=O)NCc1ccccn1. The van der Waals surface area contributed by atoms with E-state index < -0.39 is 17.7 Å². The number of pyridine rings is 1. The number of carbonyl (C=O) groups excluding carboxylic acids is 3. The summed E-state index contributed by atoms with van der Waals surface area (Å²) in [4.78, 5) is 41.0. The quantitative estimate of drug-likeness (QED) is 0.686. The van der Waals surface area contributed by atoms with E-state index in [-0.39, 0.29) is 6.54 Å². The van der Waals surface area contributed by atoms with Gasteiger partial charge in [0.25, 0.3) is 11.8 Å². The lowest BCUT2D eigenvalue weighted by atomic mass is 10.1. The third-order valence-corrected chi connectivity index (χ3v) is 3.37. The smallest absolute Gasteiger partial charge is 0.265 e. The zero-order valence-corrected chi connectivity index (χ0v) is 12.1. The van der Waals surface area contributed by atoms with E-state index in [1.54, 1.807) is 42.6 Å². The lowest BCUT2D eigenvalue weighted by Crippen LogP contribution is -2.26. The van der Waals surface area contributed by atoms with Gasteiger partial charge in [-0.25, -0.2) is 4.90 Å². The Morgan fingerprint density at radius 1 is 1.04 bits per heavy atom. The Kier molecular flexibility index (Phi) is 3.97. The number of nitrogens with one attached hydrogen (secondary N) is 1. The van der Waals surface area contributed by atoms with Gasteiger partial charge >= 0.3 is 0 Å². The number of nitrogens with zero attached hydrogens (tertiary/aromatic N) is 2. The molecule has 3 rings (SSSR count). The Labute approximate surface area is 132 Å². The zero-order chi connectivity index (χ0) is 16.2. The minimum Gasteiger partial charge on any atom is -0.347 e. The van der Waals surface area contributed by atoms with Crippen molar-refractivity contribution in [2.75, 3.05) is 0 Å². The van der Waals surface area contributed by atoms with Crippen molar-refractivity contribution in [1.29, 1.82) is 0 Å². The molecule has 1 aliphatic rings. The van der Waals surface area contributed by atoms with Crippen LogP contribution in [0.4, 0.5) is 0 Å². The van der Waals surface area contributed by atoms with Crippen molar-refractivity contribution in [2.24, 2.45) is 0 Å². The third kappa shape index (κ3) is 3.01. The van der Waals surface area contributed by atoms with Crippen LogP contribution in [0.15, 0.2) is 60.9 Å². The Hall–Kier alpha value is -3.28. The molecule has 3 amide bonds. The topological polar surface area (TPSA) is 79.4 Å². The van der Waals surface area contributed by atoms with Crippen molar-refractivity contribution in [1.82, 2.24) is 15.2 Å². The Morgan fingerprint density at radius 2 is 1.70 bits per heavy atom. The minimum absolute atomic E-state index is 0.270. The van der Waals surface area contributed by atoms with Crippen molar-refractivity contribution < 1.29 is 14.4 Å². The fourth-order valence-corrected chi connectivity index (χ4v) is 2.22. The number of aromatic nitrogens is 1. The van der Waals surface area contributed by atoms with Crippen LogP contribution in [-0.4, -0.2) is 27.6 Å². The Morgan fingerprint density at radius 3 is 2.30 bits per heavy atom. The normalized spacial score (nSPS) is 13.5. The highest BCUT2D eigenvalue weighted by Gasteiger charge is 2.33. The number of rotatable bonds is 4. The van der Waals surface area contributed by atoms with Crippen molar-refractivity contribution >= 4 is 17.7 Å². The first-order valence-electron chi connectivity index (χ1n) is 6.99. The number of carbonyl (C=O) groups is 3. The van der Waals surface area contributed by atoms with Gasteiger partial charge in [-0.05, 0) is 24.3 Å². The molecule has 1 aromatic carbocycles. The third-order valence-electron chi connectivity index (χ3n) is 3.37. The molecule has 114 valence electrons. The Bertz CT molecular complexity index is 765. The summed E-state index contributed by atoms with van der Waals surface area (Å²) in [6.07, 6.45) is 3.99. The number of benzene rings is 1. The molecule has 0 aliphatic carbocycles. The summed E-state index contributed by atoms with van der Waals surface area (Å²) in [5, 5.41) is 2.64. The molecule has 0 saturated carbocycles. The minimum atomic E-state index is -0.431. The molecule has 1 aliphatic heterocycles. The van der Waals surface area contributed by atoms with Crippen LogP contribution in [0.1, 0.15) is 26.4 Å². The molecule has 0 fully saturated rings. The molecule has 0 radical (unpaired) electrons. The van der Waals surface area contributed by atoms with Gasteiger partial charge in [0.2, 0.25) is 5.91 Å². The highest BCUT2D eigenvalue weighted by Crippen LogP contribution is 2.22. The second-order valence-corrected chi connectivity index (χ2v) is 4.88. The molecule has 2 heterocycles. The molecule has 1 aromatic heterocycles. The van der Waals surface area contributed by atoms with E-state index in [9.17, 15) is 14.4 Å². The summed E-state index contributed by atoms with van der Waals surface area (Å²) < 4.78 is 0. The molecule has 0 unspecified atom stereocenters. The predicted octanol–water partition coefficient (Wildman–Crippen LogP) is 1.51. The summed E-state index contributed by atoms with van der Waals surface area (Å²) in [6.45, 7) is 0.270. The van der Waals surface area contributed by atoms with Gasteiger partial charge in [0.15, 0.2) is 0 Å². The van der Waals surface area contributed by atoms with Crippen molar-refractivity contribution in [2.45, 2.75) is 6.54 Å². The van der Waals surface area contributed by atoms with E-state index in [4.69, 9.17) is 0 Å². The van der Waals surface area contributed by atoms with Crippen LogP contribution in [0.5, 0.6) is 0 Å². The number of hydrogen-bond donors (Lipinski definition) is 1. The van der Waals surface area contributed by atoms with Crippen LogP contribution in [0.25, 0.3) is 0 Å². The zero-order valence-electron chi connectivity index (χ0n) is 12.1. The summed E-state index contributed by atoms with van der Waals surface area (Å²) in [6, 6.07) is 12.0. The maximum Gasteiger partial charge on any atom is 0.265 e. The van der Waals surface area contributed by atoms with E-state index in [0.717, 1.165) is 16.7 Å². The standard InChI is InChI=1S/C17H13N3O3/c21-15(19-11-12-5-3-4-9-18-12)8-10-20-16(22)13-6-1-2-7-14(13)17(20)23/h1-10H,11H2,(H,19,21). The average molecular weight is 307 g/mol. The molecule has 0 atom stereocenters. The van der Waals surface area contributed by atoms with E-state index in [1.165, 1.54) is 6.20 Å². The summed E-state index contributed by atoms with van der Waals surface area (Å²) >= 11 is 0. The van der Waals surface area contributed by atoms with Gasteiger partial charge in [0.1, 0.15) is 0 Å². The fourth-order valence-electron chi connectivity index (χ4n) is 2.22. The highest BCUT2D eigenvalue weighted by atomic mass is 16.2. The van der Waals surface area contributed by atoms with Crippen molar-refractivity contribution in [3.8, 4) is 0 Å². The van der Waals surface area contributed by atoms with Crippen LogP contribution in [0.2, 0.25) is 0 Å². The molecule has 0 bridgehead atoms. The second kappa shape index (κ2) is 6.23. The largest absolute Gasteiger partial charge is 0.347 e. The molecule has 2 aromatic rings. The molecular formula is C17H13N3O3. The molecule has 6 nitrogen and oxygen atoms in total. The number of hydrogen-bond acceptors (Lipinski definition) is 4. The number of imide groups is 1. The first kappa shape index (κ1) is 14.6. The number of amides is 3. The molecule has 0 spiro atoms. The average Bonchev–Trinajstić information content (AvgIpc) is 2.83. The fraction of sp³-hybridized carbons (Fsp3) is 0.0588. The van der Waals surface area contributed by atoms with Crippen LogP contribution in [0, 0.1) is 0 Å². The van der Waals surface area contributed by atoms with E-state index in [1.807, 2.05) is 6.07 Å². The van der Waals surface area contributed by atoms with Crippen LogP contribution in [0.3, 0.4) is 0 Å². The summed E-state index contributed by atoms with van der Waals surface area (Å²) in [7, 11) is 0. The number of fused-ring (bicyclic) bond motifs is 1. The van der Waals surface area contributed by atoms with Gasteiger partial charge in [-0.3, -0.25) is 19.4 Å². The maximum atomic E-state index is 12.1. The van der Waals surface area contributed by atoms with E-state index in [0.29, 0.717) is 11.1 Å². The van der Waals surface area contributed by atoms with Crippen LogP contribution < -0.4 is 5.32 Å². The molecular weight excluding hydrogens is 294 g/mol. The van der Waals surface area contributed by atoms with Crippen LogP contribution >= 0.6 is 0 Å². The Balaban J connectivity index is 1.63. The van der Waals surface area contributed by atoms with Crippen molar-refractivity contribution in [3.63, 3.8) is 0 Å². The van der Waals surface area contributed by atoms with Gasteiger partial charge in [0.05, 0.1) is 23.4 Å². The van der Waals surface area contributed by atoms with Crippen LogP contribution in [-0.2, 0) is 11.3 Å². The first-order valence-corrected chi connectivity index (χ1v) is 6.99. The monoisotopic (exact) mass is 307 g/mol. The lowest BCUT2D eigenvalue weighted by molar-refractivity contribution is -0.116. The molecule has 6 heteroatoms. The predicted molar refractivity (Wildman–Crippen MR) is 82.2 cm³/mol.